The lowest BCUT2D eigenvalue weighted by Gasteiger charge is -2.34. The van der Waals surface area contributed by atoms with Gasteiger partial charge in [-0.05, 0) is 61.1 Å². The predicted octanol–water partition coefficient (Wildman–Crippen LogP) is 6.14. The van der Waals surface area contributed by atoms with E-state index in [9.17, 15) is 9.59 Å². The Bertz CT molecular complexity index is 984. The van der Waals surface area contributed by atoms with Crippen LogP contribution in [0.15, 0.2) is 18.2 Å². The number of rotatable bonds is 9. The normalized spacial score (nSPS) is 35.0. The van der Waals surface area contributed by atoms with Gasteiger partial charge in [0.05, 0.1) is 18.6 Å². The van der Waals surface area contributed by atoms with Gasteiger partial charge in [0.2, 0.25) is 5.60 Å². The summed E-state index contributed by atoms with van der Waals surface area (Å²) in [5, 5.41) is 0. The maximum Gasteiger partial charge on any atom is 0.351 e. The minimum Gasteiger partial charge on any atom is -0.462 e. The van der Waals surface area contributed by atoms with Gasteiger partial charge in [0, 0.05) is 23.4 Å². The van der Waals surface area contributed by atoms with Gasteiger partial charge in [-0.1, -0.05) is 66.7 Å². The fourth-order valence-electron chi connectivity index (χ4n) is 6.59. The maximum atomic E-state index is 13.5. The second-order valence-corrected chi connectivity index (χ2v) is 12.6. The Kier molecular flexibility index (Phi) is 6.44. The van der Waals surface area contributed by atoms with Gasteiger partial charge < -0.3 is 14.2 Å². The van der Waals surface area contributed by atoms with Gasteiger partial charge in [0.15, 0.2) is 0 Å². The van der Waals surface area contributed by atoms with Gasteiger partial charge in [-0.25, -0.2) is 4.79 Å². The van der Waals surface area contributed by atoms with Crippen molar-refractivity contribution in [1.29, 1.82) is 0 Å². The molecule has 4 rings (SSSR count). The summed E-state index contributed by atoms with van der Waals surface area (Å²) in [6, 6.07) is 6.99. The largest absolute Gasteiger partial charge is 0.462 e. The summed E-state index contributed by atoms with van der Waals surface area (Å²) in [4.78, 5) is 26.1. The first kappa shape index (κ1) is 26.2. The van der Waals surface area contributed by atoms with Gasteiger partial charge in [-0.3, -0.25) is 4.79 Å². The van der Waals surface area contributed by atoms with E-state index in [1.54, 1.807) is 0 Å². The summed E-state index contributed by atoms with van der Waals surface area (Å²) in [6.45, 7) is 20.7. The van der Waals surface area contributed by atoms with E-state index in [4.69, 9.17) is 14.2 Å². The molecule has 5 atom stereocenters. The van der Waals surface area contributed by atoms with Crippen molar-refractivity contribution < 1.29 is 23.8 Å². The molecule has 1 saturated heterocycles. The fourth-order valence-corrected chi connectivity index (χ4v) is 6.59. The zero-order chi connectivity index (χ0) is 26.0. The number of hydrogen-bond acceptors (Lipinski definition) is 5. The number of carbonyl (C=O) groups excluding carboxylic acids is 2. The topological polar surface area (TPSA) is 61.8 Å². The van der Waals surface area contributed by atoms with Crippen LogP contribution in [-0.4, -0.2) is 37.4 Å². The van der Waals surface area contributed by atoms with E-state index in [0.717, 1.165) is 0 Å². The molecular weight excluding hydrogens is 440 g/mol. The number of ether oxygens (including phenoxy) is 3. The molecule has 5 nitrogen and oxygen atoms in total. The van der Waals surface area contributed by atoms with Crippen molar-refractivity contribution in [3.05, 3.63) is 34.9 Å². The Morgan fingerprint density at radius 2 is 1.54 bits per heavy atom. The van der Waals surface area contributed by atoms with Crippen LogP contribution < -0.4 is 0 Å². The fraction of sp³-hybridized carbons (Fsp3) is 0.733. The van der Waals surface area contributed by atoms with Crippen molar-refractivity contribution in [2.45, 2.75) is 98.0 Å². The summed E-state index contributed by atoms with van der Waals surface area (Å²) in [5.41, 5.74) is 1.45. The molecule has 0 N–H and O–H groups in total. The van der Waals surface area contributed by atoms with Crippen molar-refractivity contribution in [2.24, 2.45) is 22.7 Å². The highest BCUT2D eigenvalue weighted by Gasteiger charge is 2.76. The lowest BCUT2D eigenvalue weighted by molar-refractivity contribution is -0.183. The van der Waals surface area contributed by atoms with Crippen LogP contribution in [0.3, 0.4) is 0 Å². The Morgan fingerprint density at radius 1 is 0.971 bits per heavy atom. The van der Waals surface area contributed by atoms with Crippen molar-refractivity contribution in [2.75, 3.05) is 19.8 Å². The lowest BCUT2D eigenvalue weighted by Crippen LogP contribution is -2.49. The highest BCUT2D eigenvalue weighted by Crippen LogP contribution is 2.66. The number of carbonyl (C=O) groups is 2. The minimum absolute atomic E-state index is 0.131. The summed E-state index contributed by atoms with van der Waals surface area (Å²) >= 11 is 0. The first-order valence-corrected chi connectivity index (χ1v) is 13.4. The van der Waals surface area contributed by atoms with Gasteiger partial charge >= 0.3 is 11.9 Å². The molecule has 1 aromatic carbocycles. The molecule has 194 valence electrons. The van der Waals surface area contributed by atoms with Crippen LogP contribution in [0.25, 0.3) is 0 Å². The molecule has 0 radical (unpaired) electrons. The molecule has 1 aliphatic heterocycles. The first-order valence-electron chi connectivity index (χ1n) is 13.4. The van der Waals surface area contributed by atoms with E-state index in [-0.39, 0.29) is 29.2 Å². The van der Waals surface area contributed by atoms with Crippen LogP contribution in [0.5, 0.6) is 0 Å². The van der Waals surface area contributed by atoms with Gasteiger partial charge in [0.1, 0.15) is 0 Å². The highest BCUT2D eigenvalue weighted by atomic mass is 16.6. The standard InChI is InChI=1S/C30H44O5/c1-10-33-16-23-24(29(23,9)22-14-20(18(2)3)13-21(15-22)19(4)5)17-34-26(32)30-12-11-28(8,25(31)35-30)27(30,6)7/h13-15,18-19,23-24H,10-12,16-17H2,1-9H3/t23?,24?,28?,29-,30?/m0/s1. The Balaban J connectivity index is 1.58. The molecule has 4 unspecified atom stereocenters. The van der Waals surface area contributed by atoms with Crippen molar-refractivity contribution in [3.63, 3.8) is 0 Å². The average Bonchev–Trinajstić information content (AvgIpc) is 3.27. The van der Waals surface area contributed by atoms with E-state index in [1.165, 1.54) is 16.7 Å². The number of benzene rings is 1. The molecule has 2 aliphatic carbocycles. The summed E-state index contributed by atoms with van der Waals surface area (Å²) in [6.07, 6.45) is 1.18. The quantitative estimate of drug-likeness (QED) is 0.394. The van der Waals surface area contributed by atoms with E-state index in [0.29, 0.717) is 44.5 Å². The van der Waals surface area contributed by atoms with E-state index in [1.807, 2.05) is 27.7 Å². The summed E-state index contributed by atoms with van der Waals surface area (Å²) < 4.78 is 17.6. The zero-order valence-electron chi connectivity index (χ0n) is 23.1. The Hall–Kier alpha value is -1.88. The summed E-state index contributed by atoms with van der Waals surface area (Å²) in [7, 11) is 0. The smallest absolute Gasteiger partial charge is 0.351 e. The molecule has 3 aliphatic rings. The van der Waals surface area contributed by atoms with Gasteiger partial charge in [-0.15, -0.1) is 0 Å². The van der Waals surface area contributed by atoms with Crippen LogP contribution in [0.2, 0.25) is 0 Å². The lowest BCUT2D eigenvalue weighted by atomic mass is 9.66. The number of fused-ring (bicyclic) bond motifs is 2. The average molecular weight is 485 g/mol. The third kappa shape index (κ3) is 3.67. The molecular formula is C30H44O5. The number of esters is 2. The van der Waals surface area contributed by atoms with E-state index >= 15 is 0 Å². The highest BCUT2D eigenvalue weighted by molar-refractivity contribution is 5.93. The molecule has 2 bridgehead atoms. The van der Waals surface area contributed by atoms with Crippen molar-refractivity contribution >= 4 is 11.9 Å². The van der Waals surface area contributed by atoms with E-state index < -0.39 is 16.4 Å². The predicted molar refractivity (Wildman–Crippen MR) is 136 cm³/mol. The molecule has 1 heterocycles. The second kappa shape index (κ2) is 8.61. The molecule has 5 heteroatoms. The van der Waals surface area contributed by atoms with Crippen LogP contribution in [0, 0.1) is 22.7 Å². The minimum atomic E-state index is -1.18. The van der Waals surface area contributed by atoms with Crippen LogP contribution in [-0.2, 0) is 29.2 Å². The summed E-state index contributed by atoms with van der Waals surface area (Å²) in [5.74, 6) is 0.633. The third-order valence-corrected chi connectivity index (χ3v) is 10.2. The second-order valence-electron chi connectivity index (χ2n) is 12.6. The van der Waals surface area contributed by atoms with Crippen LogP contribution >= 0.6 is 0 Å². The van der Waals surface area contributed by atoms with E-state index in [2.05, 4.69) is 52.8 Å². The zero-order valence-corrected chi connectivity index (χ0v) is 23.1. The SMILES string of the molecule is CCOCC1C(COC(=O)C23CCC(C)(C(=O)O2)C3(C)C)[C@@]1(C)c1cc(C(C)C)cc(C(C)C)c1. The molecule has 3 fully saturated rings. The van der Waals surface area contributed by atoms with Crippen molar-refractivity contribution in [3.8, 4) is 0 Å². The van der Waals surface area contributed by atoms with Crippen LogP contribution in [0.1, 0.15) is 104 Å². The number of hydrogen-bond donors (Lipinski definition) is 0. The Labute approximate surface area is 211 Å². The monoisotopic (exact) mass is 484 g/mol. The molecule has 0 spiro atoms. The van der Waals surface area contributed by atoms with Crippen LogP contribution in [0.4, 0.5) is 0 Å². The first-order chi connectivity index (χ1) is 16.3. The maximum absolute atomic E-state index is 13.5. The van der Waals surface area contributed by atoms with Gasteiger partial charge in [0.25, 0.3) is 0 Å². The molecule has 2 saturated carbocycles. The molecule has 0 aromatic heterocycles. The molecule has 1 aromatic rings. The van der Waals surface area contributed by atoms with Crippen molar-refractivity contribution in [1.82, 2.24) is 0 Å². The molecule has 35 heavy (non-hydrogen) atoms. The molecule has 0 amide bonds. The Morgan fingerprint density at radius 3 is 2.00 bits per heavy atom. The third-order valence-electron chi connectivity index (χ3n) is 10.2. The van der Waals surface area contributed by atoms with Gasteiger partial charge in [-0.2, -0.15) is 0 Å².